The van der Waals surface area contributed by atoms with E-state index >= 15 is 0 Å². The molecule has 100 valence electrons. The van der Waals surface area contributed by atoms with Gasteiger partial charge in [0.05, 0.1) is 21.5 Å². The van der Waals surface area contributed by atoms with Gasteiger partial charge < -0.3 is 11.1 Å². The first-order valence-electron chi connectivity index (χ1n) is 5.00. The highest BCUT2D eigenvalue weighted by Crippen LogP contribution is 2.33. The maximum Gasteiger partial charge on any atom is 0.234 e. The molecule has 0 fully saturated rings. The predicted molar refractivity (Wildman–Crippen MR) is 80.1 cm³/mol. The van der Waals surface area contributed by atoms with Crippen LogP contribution in [0, 0.1) is 0 Å². The number of halogens is 2. The van der Waals surface area contributed by atoms with E-state index in [4.69, 9.17) is 28.9 Å². The molecule has 0 saturated heterocycles. The molecule has 1 aromatic heterocycles. The first-order chi connectivity index (χ1) is 9.06. The first kappa shape index (κ1) is 14.4. The third-order valence-corrected chi connectivity index (χ3v) is 4.39. The Kier molecular flexibility index (Phi) is 4.87. The highest BCUT2D eigenvalue weighted by atomic mass is 35.5. The van der Waals surface area contributed by atoms with Gasteiger partial charge in [-0.3, -0.25) is 4.79 Å². The van der Waals surface area contributed by atoms with Gasteiger partial charge in [-0.2, -0.15) is 4.37 Å². The van der Waals surface area contributed by atoms with Crippen molar-refractivity contribution in [3.63, 3.8) is 0 Å². The van der Waals surface area contributed by atoms with Crippen molar-refractivity contribution in [2.24, 2.45) is 0 Å². The van der Waals surface area contributed by atoms with E-state index < -0.39 is 0 Å². The summed E-state index contributed by atoms with van der Waals surface area (Å²) in [5, 5.41) is 3.26. The summed E-state index contributed by atoms with van der Waals surface area (Å²) < 4.78 is 4.57. The smallest absolute Gasteiger partial charge is 0.234 e. The van der Waals surface area contributed by atoms with E-state index in [1.165, 1.54) is 41.8 Å². The summed E-state index contributed by atoms with van der Waals surface area (Å²) >= 11 is 14.5. The van der Waals surface area contributed by atoms with Crippen molar-refractivity contribution in [1.82, 2.24) is 9.36 Å². The number of benzene rings is 1. The van der Waals surface area contributed by atoms with Gasteiger partial charge in [-0.1, -0.05) is 35.0 Å². The van der Waals surface area contributed by atoms with Crippen LogP contribution < -0.4 is 11.1 Å². The average Bonchev–Trinajstić information content (AvgIpc) is 2.84. The molecular weight excluding hydrogens is 327 g/mol. The fraction of sp³-hybridized carbons (Fsp3) is 0.100. The quantitative estimate of drug-likeness (QED) is 0.663. The van der Waals surface area contributed by atoms with Crippen LogP contribution in [0.15, 0.2) is 22.8 Å². The van der Waals surface area contributed by atoms with Gasteiger partial charge in [0.25, 0.3) is 0 Å². The number of nitrogens with two attached hydrogens (primary N) is 1. The molecule has 0 spiro atoms. The summed E-state index contributed by atoms with van der Waals surface area (Å²) in [4.78, 5) is 15.7. The van der Waals surface area contributed by atoms with Crippen LogP contribution in [0.2, 0.25) is 10.0 Å². The number of hydrogen-bond donors (Lipinski definition) is 2. The first-order valence-corrected chi connectivity index (χ1v) is 7.51. The summed E-state index contributed by atoms with van der Waals surface area (Å²) in [6, 6.07) is 3.06. The normalized spacial score (nSPS) is 10.4. The molecule has 19 heavy (non-hydrogen) atoms. The molecule has 1 amide bonds. The number of anilines is 2. The number of hydrogen-bond acceptors (Lipinski definition) is 6. The molecule has 2 rings (SSSR count). The molecule has 0 aliphatic rings. The van der Waals surface area contributed by atoms with Gasteiger partial charge in [0.2, 0.25) is 5.91 Å². The number of rotatable bonds is 4. The predicted octanol–water partition coefficient (Wildman–Crippen LogP) is 3.16. The Morgan fingerprint density at radius 2 is 2.11 bits per heavy atom. The van der Waals surface area contributed by atoms with Crippen molar-refractivity contribution < 1.29 is 4.79 Å². The second-order valence-electron chi connectivity index (χ2n) is 3.40. The summed E-state index contributed by atoms with van der Waals surface area (Å²) in [6.07, 6.45) is 1.44. The molecule has 0 radical (unpaired) electrons. The SMILES string of the molecule is Nc1cc(Cl)c(NC(=O)CSc2ncns2)c(Cl)c1. The maximum atomic E-state index is 11.8. The van der Waals surface area contributed by atoms with Crippen molar-refractivity contribution in [2.45, 2.75) is 4.34 Å². The molecule has 5 nitrogen and oxygen atoms in total. The molecule has 2 aromatic rings. The van der Waals surface area contributed by atoms with Gasteiger partial charge >= 0.3 is 0 Å². The van der Waals surface area contributed by atoms with Crippen LogP contribution in [0.4, 0.5) is 11.4 Å². The van der Waals surface area contributed by atoms with E-state index in [-0.39, 0.29) is 11.7 Å². The number of nitrogen functional groups attached to an aromatic ring is 1. The lowest BCUT2D eigenvalue weighted by molar-refractivity contribution is -0.113. The highest BCUT2D eigenvalue weighted by molar-refractivity contribution is 8.01. The Hall–Kier alpha value is -1.02. The molecule has 9 heteroatoms. The number of nitrogens with one attached hydrogen (secondary N) is 1. The standard InChI is InChI=1S/C10H8Cl2N4OS2/c11-6-1-5(13)2-7(12)9(6)16-8(17)3-18-10-14-4-15-19-10/h1-2,4H,3,13H2,(H,16,17). The van der Waals surface area contributed by atoms with Gasteiger partial charge in [0.1, 0.15) is 6.33 Å². The van der Waals surface area contributed by atoms with Crippen LogP contribution >= 0.6 is 46.5 Å². The van der Waals surface area contributed by atoms with E-state index in [2.05, 4.69) is 14.7 Å². The molecule has 0 unspecified atom stereocenters. The zero-order valence-corrected chi connectivity index (χ0v) is 12.5. The largest absolute Gasteiger partial charge is 0.399 e. The van der Waals surface area contributed by atoms with Gasteiger partial charge in [-0.15, -0.1) is 0 Å². The monoisotopic (exact) mass is 334 g/mol. The van der Waals surface area contributed by atoms with Crippen molar-refractivity contribution in [3.8, 4) is 0 Å². The second-order valence-corrected chi connectivity index (χ2v) is 6.22. The Labute approximate surface area is 127 Å². The second kappa shape index (κ2) is 6.42. The molecule has 1 aromatic carbocycles. The number of thioether (sulfide) groups is 1. The molecule has 3 N–H and O–H groups in total. The molecular formula is C10H8Cl2N4OS2. The van der Waals surface area contributed by atoms with E-state index in [0.717, 1.165) is 4.34 Å². The third kappa shape index (κ3) is 3.97. The van der Waals surface area contributed by atoms with Crippen molar-refractivity contribution in [2.75, 3.05) is 16.8 Å². The summed E-state index contributed by atoms with van der Waals surface area (Å²) in [5.41, 5.74) is 6.38. The highest BCUT2D eigenvalue weighted by Gasteiger charge is 2.12. The average molecular weight is 335 g/mol. The van der Waals surface area contributed by atoms with Crippen LogP contribution in [0.1, 0.15) is 0 Å². The van der Waals surface area contributed by atoms with Gasteiger partial charge in [0, 0.05) is 5.69 Å². The Morgan fingerprint density at radius 3 is 2.68 bits per heavy atom. The van der Waals surface area contributed by atoms with Crippen molar-refractivity contribution >= 4 is 63.8 Å². The van der Waals surface area contributed by atoms with Crippen LogP contribution in [-0.4, -0.2) is 21.0 Å². The molecule has 0 atom stereocenters. The molecule has 1 heterocycles. The van der Waals surface area contributed by atoms with Crippen LogP contribution in [-0.2, 0) is 4.79 Å². The van der Waals surface area contributed by atoms with E-state index in [1.807, 2.05) is 0 Å². The zero-order chi connectivity index (χ0) is 13.8. The van der Waals surface area contributed by atoms with Gasteiger partial charge in [0.15, 0.2) is 4.34 Å². The van der Waals surface area contributed by atoms with Crippen LogP contribution in [0.3, 0.4) is 0 Å². The number of carbonyl (C=O) groups is 1. The molecule has 0 aliphatic carbocycles. The van der Waals surface area contributed by atoms with E-state index in [1.54, 1.807) is 0 Å². The van der Waals surface area contributed by atoms with Gasteiger partial charge in [-0.25, -0.2) is 4.98 Å². The van der Waals surface area contributed by atoms with Gasteiger partial charge in [-0.05, 0) is 23.7 Å². The fourth-order valence-corrected chi connectivity index (χ4v) is 3.08. The minimum atomic E-state index is -0.228. The summed E-state index contributed by atoms with van der Waals surface area (Å²) in [7, 11) is 0. The summed E-state index contributed by atoms with van der Waals surface area (Å²) in [6.45, 7) is 0. The molecule has 0 bridgehead atoms. The number of carbonyl (C=O) groups excluding carboxylic acids is 1. The summed E-state index contributed by atoms with van der Waals surface area (Å²) in [5.74, 6) is -0.0274. The number of amides is 1. The van der Waals surface area contributed by atoms with Crippen LogP contribution in [0.5, 0.6) is 0 Å². The Bertz CT molecular complexity index is 568. The lowest BCUT2D eigenvalue weighted by Gasteiger charge is -2.09. The number of nitrogens with zero attached hydrogens (tertiary/aromatic N) is 2. The lowest BCUT2D eigenvalue weighted by atomic mass is 10.3. The molecule has 0 aliphatic heterocycles. The Balaban J connectivity index is 1.99. The van der Waals surface area contributed by atoms with E-state index in [0.29, 0.717) is 21.4 Å². The molecule has 0 saturated carbocycles. The van der Waals surface area contributed by atoms with Crippen molar-refractivity contribution in [1.29, 1.82) is 0 Å². The number of aromatic nitrogens is 2. The Morgan fingerprint density at radius 1 is 1.42 bits per heavy atom. The van der Waals surface area contributed by atoms with Crippen LogP contribution in [0.25, 0.3) is 0 Å². The topological polar surface area (TPSA) is 80.9 Å². The minimum absolute atomic E-state index is 0.201. The van der Waals surface area contributed by atoms with E-state index in [9.17, 15) is 4.79 Å². The lowest BCUT2D eigenvalue weighted by Crippen LogP contribution is -2.14. The fourth-order valence-electron chi connectivity index (χ4n) is 1.24. The third-order valence-electron chi connectivity index (χ3n) is 2.00. The van der Waals surface area contributed by atoms with Crippen molar-refractivity contribution in [3.05, 3.63) is 28.5 Å². The minimum Gasteiger partial charge on any atom is -0.399 e. The maximum absolute atomic E-state index is 11.8. The zero-order valence-electron chi connectivity index (χ0n) is 9.39.